The molecule has 0 radical (unpaired) electrons. The van der Waals surface area contributed by atoms with Gasteiger partial charge in [0.1, 0.15) is 0 Å². The van der Waals surface area contributed by atoms with Crippen molar-refractivity contribution in [2.75, 3.05) is 13.2 Å². The van der Waals surface area contributed by atoms with Gasteiger partial charge in [-0.3, -0.25) is 0 Å². The van der Waals surface area contributed by atoms with E-state index >= 15 is 0 Å². The second-order valence-corrected chi connectivity index (χ2v) is 6.13. The molecule has 32 heavy (non-hydrogen) atoms. The smallest absolute Gasteiger partial charge is 0.350 e. The first-order valence-electron chi connectivity index (χ1n) is 8.21. The molecule has 0 unspecified atom stereocenters. The van der Waals surface area contributed by atoms with Crippen LogP contribution in [-0.2, 0) is 20.7 Å². The monoisotopic (exact) mass is 490 g/mol. The number of ether oxygens (including phenoxy) is 2. The Balaban J connectivity index is 3.84. The molecule has 0 amide bonds. The largest absolute Gasteiger partial charge is 0.430 e. The fraction of sp³-hybridized carbons (Fsp3) is 0.444. The van der Waals surface area contributed by atoms with Crippen molar-refractivity contribution in [1.82, 2.24) is 0 Å². The molecule has 1 aromatic carbocycles. The van der Waals surface area contributed by atoms with Gasteiger partial charge in [-0.05, 0) is 0 Å². The van der Waals surface area contributed by atoms with Gasteiger partial charge in [0.15, 0.2) is 0 Å². The van der Waals surface area contributed by atoms with E-state index in [-0.39, 0.29) is 24.3 Å². The van der Waals surface area contributed by atoms with Gasteiger partial charge >= 0.3 is 24.7 Å². The van der Waals surface area contributed by atoms with Crippen LogP contribution in [0.15, 0.2) is 49.6 Å². The summed E-state index contributed by atoms with van der Waals surface area (Å²) in [6.45, 7) is 3.25. The summed E-state index contributed by atoms with van der Waals surface area (Å²) in [4.78, 5) is 0. The summed E-state index contributed by atoms with van der Waals surface area (Å²) in [5.41, 5.74) is -13.7. The highest BCUT2D eigenvalue weighted by atomic mass is 19.4. The van der Waals surface area contributed by atoms with E-state index in [1.807, 2.05) is 0 Å². The average Bonchev–Trinajstić information content (AvgIpc) is 2.59. The van der Waals surface area contributed by atoms with E-state index in [1.54, 1.807) is 0 Å². The molecule has 0 spiro atoms. The number of rotatable bonds is 8. The predicted octanol–water partition coefficient (Wildman–Crippen LogP) is 6.73. The Bertz CT molecular complexity index is 690. The normalized spacial score (nSPS) is 14.4. The first-order chi connectivity index (χ1) is 14.3. The van der Waals surface area contributed by atoms with Gasteiger partial charge in [0.2, 0.25) is 0 Å². The van der Waals surface area contributed by atoms with Crippen molar-refractivity contribution in [3.63, 3.8) is 0 Å². The zero-order valence-corrected chi connectivity index (χ0v) is 15.6. The molecule has 1 rings (SSSR count). The van der Waals surface area contributed by atoms with E-state index in [1.165, 1.54) is 0 Å². The van der Waals surface area contributed by atoms with Gasteiger partial charge in [-0.2, -0.15) is 52.7 Å². The Kier molecular flexibility index (Phi) is 7.79. The molecule has 0 aliphatic carbocycles. The summed E-state index contributed by atoms with van der Waals surface area (Å²) in [6.07, 6.45) is -23.7. The standard InChI is InChI=1S/C18H14F12O2/c1-3-9-31-13(15(19,20)21,16(22,23)24)11-5-7-12(8-6-11)14(17(25,26)27,18(28,29)30)32-10-4-2/h3-8H,1-2,9-10H2. The second kappa shape index (κ2) is 8.96. The van der Waals surface area contributed by atoms with Gasteiger partial charge < -0.3 is 9.47 Å². The molecule has 0 fully saturated rings. The number of hydrogen-bond acceptors (Lipinski definition) is 2. The first kappa shape index (κ1) is 27.8. The third-order valence-electron chi connectivity index (χ3n) is 4.13. The van der Waals surface area contributed by atoms with Crippen LogP contribution in [-0.4, -0.2) is 37.9 Å². The summed E-state index contributed by atoms with van der Waals surface area (Å²) < 4.78 is 170. The van der Waals surface area contributed by atoms with Crippen LogP contribution < -0.4 is 0 Å². The zero-order chi connectivity index (χ0) is 25.2. The van der Waals surface area contributed by atoms with E-state index in [0.29, 0.717) is 12.2 Å². The quantitative estimate of drug-likeness (QED) is 0.297. The number of benzene rings is 1. The Morgan fingerprint density at radius 1 is 0.531 bits per heavy atom. The lowest BCUT2D eigenvalue weighted by molar-refractivity contribution is -0.389. The lowest BCUT2D eigenvalue weighted by Crippen LogP contribution is -2.57. The van der Waals surface area contributed by atoms with Crippen LogP contribution in [0.25, 0.3) is 0 Å². The summed E-state index contributed by atoms with van der Waals surface area (Å²) in [5, 5.41) is 0. The van der Waals surface area contributed by atoms with E-state index in [2.05, 4.69) is 22.6 Å². The number of alkyl halides is 12. The third kappa shape index (κ3) is 4.60. The minimum atomic E-state index is -6.19. The molecule has 0 aliphatic heterocycles. The van der Waals surface area contributed by atoms with Crippen LogP contribution in [0.4, 0.5) is 52.7 Å². The molecule has 0 saturated carbocycles. The molecule has 0 N–H and O–H groups in total. The highest BCUT2D eigenvalue weighted by Crippen LogP contribution is 2.55. The van der Waals surface area contributed by atoms with Gasteiger partial charge in [-0.25, -0.2) is 0 Å². The van der Waals surface area contributed by atoms with Crippen LogP contribution in [0, 0.1) is 0 Å². The second-order valence-electron chi connectivity index (χ2n) is 6.13. The molecule has 0 heterocycles. The van der Waals surface area contributed by atoms with Gasteiger partial charge in [0, 0.05) is 11.1 Å². The zero-order valence-electron chi connectivity index (χ0n) is 15.6. The minimum Gasteiger partial charge on any atom is -0.350 e. The van der Waals surface area contributed by atoms with Crippen molar-refractivity contribution in [2.45, 2.75) is 35.9 Å². The highest BCUT2D eigenvalue weighted by Gasteiger charge is 2.75. The molecule has 1 aromatic rings. The summed E-state index contributed by atoms with van der Waals surface area (Å²) in [7, 11) is 0. The van der Waals surface area contributed by atoms with Crippen molar-refractivity contribution in [1.29, 1.82) is 0 Å². The Labute approximate surface area is 173 Å². The number of halogens is 12. The molecule has 0 aromatic heterocycles. The summed E-state index contributed by atoms with van der Waals surface area (Å²) in [5.74, 6) is 0. The maximum Gasteiger partial charge on any atom is 0.430 e. The van der Waals surface area contributed by atoms with Gasteiger partial charge in [-0.15, -0.1) is 13.2 Å². The maximum absolute atomic E-state index is 13.5. The van der Waals surface area contributed by atoms with Crippen LogP contribution >= 0.6 is 0 Å². The summed E-state index contributed by atoms with van der Waals surface area (Å²) >= 11 is 0. The molecule has 0 atom stereocenters. The molecule has 2 nitrogen and oxygen atoms in total. The Morgan fingerprint density at radius 3 is 0.906 bits per heavy atom. The van der Waals surface area contributed by atoms with Crippen LogP contribution in [0.2, 0.25) is 0 Å². The Hall–Kier alpha value is -2.22. The molecule has 0 saturated heterocycles. The molecular formula is C18H14F12O2. The summed E-state index contributed by atoms with van der Waals surface area (Å²) in [6, 6.07) is -0.766. The van der Waals surface area contributed by atoms with Crippen LogP contribution in [0.3, 0.4) is 0 Å². The van der Waals surface area contributed by atoms with Crippen molar-refractivity contribution in [3.8, 4) is 0 Å². The van der Waals surface area contributed by atoms with Gasteiger partial charge in [-0.1, -0.05) is 36.4 Å². The van der Waals surface area contributed by atoms with Crippen molar-refractivity contribution >= 4 is 0 Å². The topological polar surface area (TPSA) is 18.5 Å². The molecule has 0 bridgehead atoms. The molecule has 14 heteroatoms. The van der Waals surface area contributed by atoms with Crippen molar-refractivity contribution in [2.24, 2.45) is 0 Å². The molecular weight excluding hydrogens is 476 g/mol. The third-order valence-corrected chi connectivity index (χ3v) is 4.13. The fourth-order valence-electron chi connectivity index (χ4n) is 2.78. The number of hydrogen-bond donors (Lipinski definition) is 0. The minimum absolute atomic E-state index is 0.192. The van der Waals surface area contributed by atoms with E-state index in [4.69, 9.17) is 0 Å². The van der Waals surface area contributed by atoms with Gasteiger partial charge in [0.05, 0.1) is 13.2 Å². The van der Waals surface area contributed by atoms with Crippen molar-refractivity contribution in [3.05, 3.63) is 60.7 Å². The van der Waals surface area contributed by atoms with E-state index in [9.17, 15) is 52.7 Å². The van der Waals surface area contributed by atoms with E-state index in [0.717, 1.165) is 0 Å². The fourth-order valence-corrected chi connectivity index (χ4v) is 2.78. The van der Waals surface area contributed by atoms with Crippen LogP contribution in [0.5, 0.6) is 0 Å². The lowest BCUT2D eigenvalue weighted by Gasteiger charge is -2.39. The van der Waals surface area contributed by atoms with E-state index < -0.39 is 60.2 Å². The lowest BCUT2D eigenvalue weighted by atomic mass is 9.86. The molecule has 182 valence electrons. The van der Waals surface area contributed by atoms with Crippen LogP contribution in [0.1, 0.15) is 11.1 Å². The first-order valence-corrected chi connectivity index (χ1v) is 8.21. The van der Waals surface area contributed by atoms with Crippen molar-refractivity contribution < 1.29 is 62.2 Å². The maximum atomic E-state index is 13.5. The Morgan fingerprint density at radius 2 is 0.750 bits per heavy atom. The van der Waals surface area contributed by atoms with Gasteiger partial charge in [0.25, 0.3) is 11.2 Å². The SMILES string of the molecule is C=CCOC(c1ccc(C(OCC=C)(C(F)(F)F)C(F)(F)F)cc1)(C(F)(F)F)C(F)(F)F. The predicted molar refractivity (Wildman–Crippen MR) is 86.3 cm³/mol. The molecule has 0 aliphatic rings. The highest BCUT2D eigenvalue weighted by molar-refractivity contribution is 5.35. The average molecular weight is 490 g/mol.